The van der Waals surface area contributed by atoms with Gasteiger partial charge in [-0.2, -0.15) is 0 Å². The van der Waals surface area contributed by atoms with Gasteiger partial charge in [-0.1, -0.05) is 32.9 Å². The second-order valence-electron chi connectivity index (χ2n) is 6.06. The van der Waals surface area contributed by atoms with Gasteiger partial charge in [-0.3, -0.25) is 0 Å². The summed E-state index contributed by atoms with van der Waals surface area (Å²) in [6, 6.07) is 6.30. The summed E-state index contributed by atoms with van der Waals surface area (Å²) in [6.07, 6.45) is 0.825. The highest BCUT2D eigenvalue weighted by atomic mass is 35.5. The van der Waals surface area contributed by atoms with E-state index in [2.05, 4.69) is 50.5 Å². The minimum absolute atomic E-state index is 0.233. The molecule has 2 aromatic rings. The summed E-state index contributed by atoms with van der Waals surface area (Å²) < 4.78 is 2.34. The number of para-hydroxylation sites is 1. The Hall–Kier alpha value is -1.02. The molecule has 0 saturated carbocycles. The van der Waals surface area contributed by atoms with Gasteiger partial charge >= 0.3 is 0 Å². The van der Waals surface area contributed by atoms with E-state index in [0.717, 1.165) is 24.3 Å². The summed E-state index contributed by atoms with van der Waals surface area (Å²) in [5, 5.41) is 0. The van der Waals surface area contributed by atoms with Crippen LogP contribution in [0.25, 0.3) is 11.0 Å². The number of hydrogen-bond donors (Lipinski definition) is 0. The molecule has 2 nitrogen and oxygen atoms in total. The fraction of sp³-hybridized carbons (Fsp3) is 0.533. The van der Waals surface area contributed by atoms with E-state index in [0.29, 0.717) is 5.88 Å². The van der Waals surface area contributed by atoms with E-state index in [-0.39, 0.29) is 5.41 Å². The molecule has 1 aromatic heterocycles. The summed E-state index contributed by atoms with van der Waals surface area (Å²) in [5.74, 6) is 1.72. The first kappa shape index (κ1) is 13.4. The molecule has 0 aliphatic carbocycles. The lowest BCUT2D eigenvalue weighted by Crippen LogP contribution is -2.18. The van der Waals surface area contributed by atoms with Gasteiger partial charge < -0.3 is 4.57 Å². The van der Waals surface area contributed by atoms with Crippen molar-refractivity contribution in [1.29, 1.82) is 0 Å². The number of nitrogens with zero attached hydrogens (tertiary/aromatic N) is 2. The number of hydrogen-bond acceptors (Lipinski definition) is 1. The van der Waals surface area contributed by atoms with E-state index in [9.17, 15) is 0 Å². The van der Waals surface area contributed by atoms with E-state index < -0.39 is 0 Å². The summed E-state index contributed by atoms with van der Waals surface area (Å²) >= 11 is 5.89. The Morgan fingerprint density at radius 1 is 1.28 bits per heavy atom. The van der Waals surface area contributed by atoms with Crippen LogP contribution in [0.5, 0.6) is 0 Å². The van der Waals surface area contributed by atoms with Gasteiger partial charge in [0.05, 0.1) is 11.0 Å². The predicted octanol–water partition coefficient (Wildman–Crippen LogP) is 4.17. The normalized spacial score (nSPS) is 12.3. The lowest BCUT2D eigenvalue weighted by atomic mass is 9.96. The number of imidazole rings is 1. The molecule has 0 bridgehead atoms. The van der Waals surface area contributed by atoms with Crippen LogP contribution >= 0.6 is 11.6 Å². The molecule has 0 saturated heterocycles. The van der Waals surface area contributed by atoms with E-state index >= 15 is 0 Å². The lowest BCUT2D eigenvalue weighted by molar-refractivity contribution is 0.343. The molecule has 1 heterocycles. The third kappa shape index (κ3) is 2.69. The number of rotatable bonds is 3. The van der Waals surface area contributed by atoms with Gasteiger partial charge in [-0.25, -0.2) is 4.98 Å². The lowest BCUT2D eigenvalue weighted by Gasteiger charge is -2.21. The van der Waals surface area contributed by atoms with Gasteiger partial charge in [0.2, 0.25) is 0 Å². The highest BCUT2D eigenvalue weighted by Crippen LogP contribution is 2.25. The number of halogens is 1. The molecular weight excluding hydrogens is 244 g/mol. The quantitative estimate of drug-likeness (QED) is 0.761. The van der Waals surface area contributed by atoms with Gasteiger partial charge in [0.15, 0.2) is 0 Å². The van der Waals surface area contributed by atoms with E-state index in [1.165, 1.54) is 11.1 Å². The van der Waals surface area contributed by atoms with Crippen LogP contribution < -0.4 is 0 Å². The minimum atomic E-state index is 0.233. The average Bonchev–Trinajstić information content (AvgIpc) is 2.56. The van der Waals surface area contributed by atoms with Gasteiger partial charge in [0.25, 0.3) is 0 Å². The zero-order valence-electron chi connectivity index (χ0n) is 11.6. The molecule has 0 aliphatic heterocycles. The smallest absolute Gasteiger partial charge is 0.111 e. The fourth-order valence-electron chi connectivity index (χ4n) is 2.33. The Balaban J connectivity index is 2.61. The molecule has 0 N–H and O–H groups in total. The maximum absolute atomic E-state index is 5.89. The second kappa shape index (κ2) is 4.93. The number of benzene rings is 1. The topological polar surface area (TPSA) is 17.8 Å². The van der Waals surface area contributed by atoms with Crippen molar-refractivity contribution in [2.45, 2.75) is 40.7 Å². The van der Waals surface area contributed by atoms with Crippen LogP contribution in [-0.4, -0.2) is 15.4 Å². The minimum Gasteiger partial charge on any atom is -0.327 e. The summed E-state index contributed by atoms with van der Waals surface area (Å²) in [6.45, 7) is 9.87. The number of aromatic nitrogens is 2. The van der Waals surface area contributed by atoms with Crippen LogP contribution in [0.1, 0.15) is 32.2 Å². The Bertz CT molecular complexity index is 549. The molecule has 98 valence electrons. The SMILES string of the molecule is Cc1cccc2nc(CCCl)n(CC(C)(C)C)c12. The van der Waals surface area contributed by atoms with Crippen molar-refractivity contribution in [2.75, 3.05) is 5.88 Å². The molecule has 2 rings (SSSR count). The van der Waals surface area contributed by atoms with E-state index in [1.54, 1.807) is 0 Å². The highest BCUT2D eigenvalue weighted by Gasteiger charge is 2.18. The summed E-state index contributed by atoms with van der Waals surface area (Å²) in [4.78, 5) is 4.73. The molecule has 3 heteroatoms. The molecule has 18 heavy (non-hydrogen) atoms. The monoisotopic (exact) mass is 264 g/mol. The largest absolute Gasteiger partial charge is 0.327 e. The van der Waals surface area contributed by atoms with Crippen molar-refractivity contribution >= 4 is 22.6 Å². The van der Waals surface area contributed by atoms with Crippen LogP contribution in [0.2, 0.25) is 0 Å². The van der Waals surface area contributed by atoms with Gasteiger partial charge in [-0.15, -0.1) is 11.6 Å². The van der Waals surface area contributed by atoms with Crippen LogP contribution in [0.3, 0.4) is 0 Å². The standard InChI is InChI=1S/C15H21ClN2/c1-11-6-5-7-12-14(11)18(10-15(2,3)4)13(17-12)8-9-16/h5-7H,8-10H2,1-4H3. The number of aryl methyl sites for hydroxylation is 2. The zero-order chi connectivity index (χ0) is 13.3. The van der Waals surface area contributed by atoms with Crippen molar-refractivity contribution in [3.63, 3.8) is 0 Å². The number of alkyl halides is 1. The van der Waals surface area contributed by atoms with Crippen molar-refractivity contribution in [3.8, 4) is 0 Å². The Kier molecular flexibility index (Phi) is 3.67. The maximum Gasteiger partial charge on any atom is 0.111 e. The molecule has 0 atom stereocenters. The summed E-state index contributed by atoms with van der Waals surface area (Å²) in [5.41, 5.74) is 3.86. The third-order valence-corrected chi connectivity index (χ3v) is 3.19. The molecule has 0 radical (unpaired) electrons. The van der Waals surface area contributed by atoms with Crippen molar-refractivity contribution < 1.29 is 0 Å². The first-order valence-electron chi connectivity index (χ1n) is 6.43. The van der Waals surface area contributed by atoms with Gasteiger partial charge in [0.1, 0.15) is 5.82 Å². The fourth-order valence-corrected chi connectivity index (χ4v) is 2.50. The Morgan fingerprint density at radius 2 is 2.00 bits per heavy atom. The zero-order valence-corrected chi connectivity index (χ0v) is 12.4. The Labute approximate surface area is 114 Å². The molecule has 0 fully saturated rings. The van der Waals surface area contributed by atoms with E-state index in [1.807, 2.05) is 0 Å². The van der Waals surface area contributed by atoms with Gasteiger partial charge in [0, 0.05) is 18.8 Å². The third-order valence-electron chi connectivity index (χ3n) is 3.00. The van der Waals surface area contributed by atoms with Crippen molar-refractivity contribution in [2.24, 2.45) is 5.41 Å². The number of fused-ring (bicyclic) bond motifs is 1. The van der Waals surface area contributed by atoms with Crippen LogP contribution in [0.15, 0.2) is 18.2 Å². The first-order valence-corrected chi connectivity index (χ1v) is 6.96. The maximum atomic E-state index is 5.89. The van der Waals surface area contributed by atoms with Gasteiger partial charge in [-0.05, 0) is 24.0 Å². The van der Waals surface area contributed by atoms with Crippen LogP contribution in [0.4, 0.5) is 0 Å². The molecule has 0 amide bonds. The molecule has 0 unspecified atom stereocenters. The first-order chi connectivity index (χ1) is 8.42. The van der Waals surface area contributed by atoms with Crippen molar-refractivity contribution in [3.05, 3.63) is 29.6 Å². The average molecular weight is 265 g/mol. The van der Waals surface area contributed by atoms with Crippen LogP contribution in [-0.2, 0) is 13.0 Å². The second-order valence-corrected chi connectivity index (χ2v) is 6.43. The highest BCUT2D eigenvalue weighted by molar-refractivity contribution is 6.17. The molecule has 0 aliphatic rings. The Morgan fingerprint density at radius 3 is 2.61 bits per heavy atom. The van der Waals surface area contributed by atoms with Crippen LogP contribution in [0, 0.1) is 12.3 Å². The van der Waals surface area contributed by atoms with E-state index in [4.69, 9.17) is 16.6 Å². The molecule has 0 spiro atoms. The van der Waals surface area contributed by atoms with Crippen molar-refractivity contribution in [1.82, 2.24) is 9.55 Å². The summed E-state index contributed by atoms with van der Waals surface area (Å²) in [7, 11) is 0. The molecule has 1 aromatic carbocycles. The predicted molar refractivity (Wildman–Crippen MR) is 78.3 cm³/mol. The molecular formula is C15H21ClN2.